The highest BCUT2D eigenvalue weighted by Crippen LogP contribution is 2.38. The molecule has 0 saturated carbocycles. The largest absolute Gasteiger partial charge is 0.371 e. The highest BCUT2D eigenvalue weighted by molar-refractivity contribution is 6.24. The Morgan fingerprint density at radius 3 is 1.71 bits per heavy atom. The van der Waals surface area contributed by atoms with Gasteiger partial charge < -0.3 is 20.4 Å². The molecule has 9 heteroatoms. The minimum atomic E-state index is 0.556. The van der Waals surface area contributed by atoms with Crippen LogP contribution < -0.4 is 20.4 Å². The van der Waals surface area contributed by atoms with Crippen molar-refractivity contribution >= 4 is 63.8 Å². The third-order valence-corrected chi connectivity index (χ3v) is 10.1. The monoisotopic (exact) mass is 671 g/mol. The second-order valence-electron chi connectivity index (χ2n) is 13.6. The van der Waals surface area contributed by atoms with E-state index in [0.29, 0.717) is 11.9 Å². The van der Waals surface area contributed by atoms with E-state index in [2.05, 4.69) is 127 Å². The molecule has 0 aliphatic carbocycles. The summed E-state index contributed by atoms with van der Waals surface area (Å²) in [5, 5.41) is 7.41. The predicted molar refractivity (Wildman–Crippen MR) is 212 cm³/mol. The first-order chi connectivity index (χ1) is 25.2. The second kappa shape index (κ2) is 13.7. The molecule has 0 amide bonds. The van der Waals surface area contributed by atoms with E-state index < -0.39 is 0 Å². The molecule has 5 aliphatic rings. The van der Waals surface area contributed by atoms with E-state index in [0.717, 1.165) is 77.2 Å². The van der Waals surface area contributed by atoms with Gasteiger partial charge in [0.05, 0.1) is 28.5 Å². The van der Waals surface area contributed by atoms with Gasteiger partial charge in [0.15, 0.2) is 0 Å². The van der Waals surface area contributed by atoms with Crippen molar-refractivity contribution < 1.29 is 0 Å². The van der Waals surface area contributed by atoms with Crippen LogP contribution in [0.2, 0.25) is 0 Å². The van der Waals surface area contributed by atoms with Crippen molar-refractivity contribution in [2.24, 2.45) is 20.0 Å². The molecule has 5 aliphatic heterocycles. The molecule has 0 radical (unpaired) electrons. The van der Waals surface area contributed by atoms with Crippen LogP contribution in [0.1, 0.15) is 49.7 Å². The fourth-order valence-corrected chi connectivity index (χ4v) is 7.50. The fourth-order valence-electron chi connectivity index (χ4n) is 7.50. The van der Waals surface area contributed by atoms with Gasteiger partial charge in [-0.25, -0.2) is 24.9 Å². The number of piperidine rings is 2. The molecule has 51 heavy (non-hydrogen) atoms. The maximum atomic E-state index is 5.08. The van der Waals surface area contributed by atoms with Gasteiger partial charge in [0, 0.05) is 60.1 Å². The lowest BCUT2D eigenvalue weighted by Crippen LogP contribution is -2.40. The number of aliphatic imine (C=N–C) groups is 4. The van der Waals surface area contributed by atoms with Crippen LogP contribution in [-0.4, -0.2) is 55.0 Å². The molecular weight excluding hydrogens is 631 g/mol. The first kappa shape index (κ1) is 31.1. The number of para-hydroxylation sites is 2. The fraction of sp³-hybridized carbons (Fsp3) is 0.238. The number of anilines is 6. The summed E-state index contributed by atoms with van der Waals surface area (Å²) < 4.78 is 0. The minimum absolute atomic E-state index is 0.556. The Morgan fingerprint density at radius 1 is 0.529 bits per heavy atom. The van der Waals surface area contributed by atoms with Crippen molar-refractivity contribution in [1.82, 2.24) is 4.90 Å². The van der Waals surface area contributed by atoms with Crippen LogP contribution in [0.25, 0.3) is 5.70 Å². The van der Waals surface area contributed by atoms with Gasteiger partial charge in [0.25, 0.3) is 0 Å². The van der Waals surface area contributed by atoms with Crippen molar-refractivity contribution in [1.29, 1.82) is 0 Å². The first-order valence-electron chi connectivity index (χ1n) is 18.2. The number of guanidine groups is 2. The van der Waals surface area contributed by atoms with Crippen molar-refractivity contribution in [3.8, 4) is 0 Å². The highest BCUT2D eigenvalue weighted by atomic mass is 15.4. The van der Waals surface area contributed by atoms with Gasteiger partial charge in [0.1, 0.15) is 6.34 Å². The van der Waals surface area contributed by atoms with Gasteiger partial charge in [0.2, 0.25) is 11.9 Å². The Bertz CT molecular complexity index is 2010. The van der Waals surface area contributed by atoms with Gasteiger partial charge in [-0.1, -0.05) is 36.4 Å². The normalized spacial score (nSPS) is 18.2. The summed E-state index contributed by atoms with van der Waals surface area (Å²) >= 11 is 0. The third kappa shape index (κ3) is 6.43. The minimum Gasteiger partial charge on any atom is -0.371 e. The topological polar surface area (TPSA) is 83.2 Å². The molecule has 2 fully saturated rings. The van der Waals surface area contributed by atoms with Crippen molar-refractivity contribution in [2.75, 3.05) is 46.6 Å². The molecule has 2 saturated heterocycles. The Morgan fingerprint density at radius 2 is 1.10 bits per heavy atom. The van der Waals surface area contributed by atoms with Crippen LogP contribution in [0, 0.1) is 0 Å². The zero-order valence-electron chi connectivity index (χ0n) is 28.7. The lowest BCUT2D eigenvalue weighted by molar-refractivity contribution is 0.578. The van der Waals surface area contributed by atoms with Crippen LogP contribution >= 0.6 is 0 Å². The van der Waals surface area contributed by atoms with Gasteiger partial charge in [-0.3, -0.25) is 0 Å². The number of hydrogen-bond acceptors (Lipinski definition) is 9. The van der Waals surface area contributed by atoms with E-state index in [-0.39, 0.29) is 0 Å². The molecular formula is C42H41N9. The molecule has 254 valence electrons. The van der Waals surface area contributed by atoms with Gasteiger partial charge in [-0.2, -0.15) is 0 Å². The van der Waals surface area contributed by atoms with E-state index in [4.69, 9.17) is 9.98 Å². The van der Waals surface area contributed by atoms with E-state index in [1.165, 1.54) is 49.9 Å². The molecule has 0 spiro atoms. The number of allylic oxidation sites excluding steroid dienone is 2. The predicted octanol–water partition coefficient (Wildman–Crippen LogP) is 8.95. The zero-order valence-corrected chi connectivity index (χ0v) is 28.7. The molecule has 4 aromatic rings. The molecule has 0 bridgehead atoms. The molecule has 9 nitrogen and oxygen atoms in total. The number of nitrogens with zero attached hydrogens (tertiary/aromatic N) is 7. The second-order valence-corrected chi connectivity index (χ2v) is 13.6. The van der Waals surface area contributed by atoms with E-state index in [1.54, 1.807) is 6.34 Å². The number of rotatable bonds is 8. The summed E-state index contributed by atoms with van der Waals surface area (Å²) in [6, 6.07) is 34.1. The van der Waals surface area contributed by atoms with Gasteiger partial charge >= 0.3 is 0 Å². The lowest BCUT2D eigenvalue weighted by atomic mass is 10.0. The van der Waals surface area contributed by atoms with Crippen LogP contribution in [0.15, 0.2) is 135 Å². The molecule has 2 N–H and O–H groups in total. The van der Waals surface area contributed by atoms with Crippen molar-refractivity contribution in [2.45, 2.75) is 38.5 Å². The van der Waals surface area contributed by atoms with E-state index in [9.17, 15) is 0 Å². The molecule has 0 unspecified atom stereocenters. The van der Waals surface area contributed by atoms with Gasteiger partial charge in [-0.05, 0) is 111 Å². The summed E-state index contributed by atoms with van der Waals surface area (Å²) in [5.74, 6) is 1.11. The molecule has 4 aromatic carbocycles. The summed E-state index contributed by atoms with van der Waals surface area (Å²) in [5.41, 5.74) is 11.1. The van der Waals surface area contributed by atoms with Crippen LogP contribution in [0.3, 0.4) is 0 Å². The highest BCUT2D eigenvalue weighted by Gasteiger charge is 2.32. The Hall–Kier alpha value is -5.96. The standard InChI is InChI=1S/C42H41N9/c1-5-13-30(14-6-1)45-37-25-32(49-21-9-3-10-22-49)17-19-35(37)39-27-34-28-40(48-42-44-29-43-41(47-39)51(34)42)36-20-18-33(50-23-11-4-12-24-50)26-38(36)46-31-15-7-2-8-16-31/h1-2,5-8,13-20,25-29,45-46H,3-4,9-12,21-24H2. The molecule has 0 atom stereocenters. The smallest absolute Gasteiger partial charge is 0.239 e. The van der Waals surface area contributed by atoms with Crippen LogP contribution in [0.5, 0.6) is 0 Å². The molecule has 9 rings (SSSR count). The van der Waals surface area contributed by atoms with Crippen molar-refractivity contribution in [3.63, 3.8) is 0 Å². The SMILES string of the molecule is C1=NC2=NC(c3ccc(N4CCCCC4)cc3Nc3ccccc3)=CC3=CC(c4ccc(N5CCCCC5)cc4Nc4ccccc4)=NC(=N1)N32. The lowest BCUT2D eigenvalue weighted by Gasteiger charge is -2.33. The summed E-state index contributed by atoms with van der Waals surface area (Å²) in [6.07, 6.45) is 13.3. The summed E-state index contributed by atoms with van der Waals surface area (Å²) in [6.45, 7) is 4.32. The Labute approximate surface area is 299 Å². The maximum Gasteiger partial charge on any atom is 0.239 e. The zero-order chi connectivity index (χ0) is 34.0. The number of nitrogens with one attached hydrogen (secondary N) is 2. The summed E-state index contributed by atoms with van der Waals surface area (Å²) in [4.78, 5) is 26.3. The number of benzene rings is 4. The Kier molecular flexibility index (Phi) is 8.37. The molecule has 5 heterocycles. The van der Waals surface area contributed by atoms with Crippen LogP contribution in [0.4, 0.5) is 34.1 Å². The Balaban J connectivity index is 1.12. The molecule has 0 aromatic heterocycles. The average molecular weight is 672 g/mol. The van der Waals surface area contributed by atoms with Crippen molar-refractivity contribution in [3.05, 3.63) is 126 Å². The first-order valence-corrected chi connectivity index (χ1v) is 18.2. The number of hydrogen-bond donors (Lipinski definition) is 2. The average Bonchev–Trinajstić information content (AvgIpc) is 3.19. The van der Waals surface area contributed by atoms with E-state index >= 15 is 0 Å². The third-order valence-electron chi connectivity index (χ3n) is 10.1. The van der Waals surface area contributed by atoms with Gasteiger partial charge in [-0.15, -0.1) is 0 Å². The quantitative estimate of drug-likeness (QED) is 0.196. The summed E-state index contributed by atoms with van der Waals surface area (Å²) in [7, 11) is 0. The van der Waals surface area contributed by atoms with E-state index in [1.807, 2.05) is 17.0 Å². The maximum absolute atomic E-state index is 5.08. The van der Waals surface area contributed by atoms with Crippen LogP contribution in [-0.2, 0) is 0 Å².